The van der Waals surface area contributed by atoms with E-state index in [4.69, 9.17) is 9.73 Å². The van der Waals surface area contributed by atoms with Crippen LogP contribution in [0.3, 0.4) is 0 Å². The van der Waals surface area contributed by atoms with E-state index in [0.29, 0.717) is 6.54 Å². The average molecular weight is 496 g/mol. The second-order valence-electron chi connectivity index (χ2n) is 6.51. The summed E-state index contributed by atoms with van der Waals surface area (Å²) < 4.78 is 5.34. The van der Waals surface area contributed by atoms with Crippen LogP contribution in [0.5, 0.6) is 11.5 Å². The van der Waals surface area contributed by atoms with Crippen molar-refractivity contribution in [3.05, 3.63) is 54.1 Å². The predicted molar refractivity (Wildman–Crippen MR) is 125 cm³/mol. The summed E-state index contributed by atoms with van der Waals surface area (Å²) in [5.41, 5.74) is 2.28. The smallest absolute Gasteiger partial charge is 0.194 e. The first-order valence-electron chi connectivity index (χ1n) is 9.39. The van der Waals surface area contributed by atoms with Gasteiger partial charge in [-0.2, -0.15) is 0 Å². The van der Waals surface area contributed by atoms with Crippen LogP contribution in [0.15, 0.2) is 53.5 Å². The Kier molecular flexibility index (Phi) is 8.69. The third-order valence-corrected chi connectivity index (χ3v) is 4.68. The van der Waals surface area contributed by atoms with Gasteiger partial charge in [-0.15, -0.1) is 24.0 Å². The molecule has 0 aliphatic carbocycles. The number of aromatic hydroxyl groups is 1. The fraction of sp³-hybridized carbons (Fsp3) is 0.381. The molecular weight excluding hydrogens is 467 g/mol. The molecule has 1 aliphatic heterocycles. The van der Waals surface area contributed by atoms with Crippen LogP contribution in [0.2, 0.25) is 0 Å². The second-order valence-corrected chi connectivity index (χ2v) is 6.51. The number of rotatable bonds is 5. The summed E-state index contributed by atoms with van der Waals surface area (Å²) in [7, 11) is 1.70. The normalized spacial score (nSPS) is 14.4. The van der Waals surface area contributed by atoms with Gasteiger partial charge in [0.15, 0.2) is 5.96 Å². The minimum Gasteiger partial charge on any atom is -0.508 e. The summed E-state index contributed by atoms with van der Waals surface area (Å²) in [5.74, 6) is 2.11. The van der Waals surface area contributed by atoms with E-state index in [1.807, 2.05) is 24.3 Å². The predicted octanol–water partition coefficient (Wildman–Crippen LogP) is 3.31. The number of guanidine groups is 1. The Morgan fingerprint density at radius 1 is 1.11 bits per heavy atom. The molecule has 2 aromatic rings. The molecule has 152 valence electrons. The Bertz CT molecular complexity index is 759. The quantitative estimate of drug-likeness (QED) is 0.378. The summed E-state index contributed by atoms with van der Waals surface area (Å²) in [4.78, 5) is 9.46. The number of methoxy groups -OCH3 is 1. The van der Waals surface area contributed by atoms with Gasteiger partial charge in [0.05, 0.1) is 13.7 Å². The number of nitrogens with one attached hydrogen (secondary N) is 1. The number of anilines is 1. The maximum Gasteiger partial charge on any atom is 0.194 e. The molecule has 1 aliphatic rings. The Labute approximate surface area is 184 Å². The van der Waals surface area contributed by atoms with Crippen LogP contribution < -0.4 is 15.0 Å². The standard InChI is InChI=1S/C21H28N4O2.HI/c1-3-22-21(23-16-17-7-9-19(26)10-8-17)25-13-11-24(12-14-25)18-5-4-6-20(15-18)27-2;/h4-10,15,26H,3,11-14,16H2,1-2H3,(H,22,23);1H. The topological polar surface area (TPSA) is 60.3 Å². The van der Waals surface area contributed by atoms with Crippen LogP contribution in [-0.4, -0.2) is 55.8 Å². The van der Waals surface area contributed by atoms with Gasteiger partial charge in [-0.05, 0) is 36.8 Å². The molecule has 0 aromatic heterocycles. The Morgan fingerprint density at radius 3 is 2.46 bits per heavy atom. The molecule has 0 bridgehead atoms. The number of piperazine rings is 1. The van der Waals surface area contributed by atoms with Crippen molar-refractivity contribution >= 4 is 35.6 Å². The first-order chi connectivity index (χ1) is 13.2. The second kappa shape index (κ2) is 11.0. The molecule has 0 amide bonds. The van der Waals surface area contributed by atoms with Crippen molar-refractivity contribution in [1.29, 1.82) is 0 Å². The van der Waals surface area contributed by atoms with E-state index in [-0.39, 0.29) is 29.7 Å². The van der Waals surface area contributed by atoms with E-state index < -0.39 is 0 Å². The molecular formula is C21H29IN4O2. The van der Waals surface area contributed by atoms with Gasteiger partial charge >= 0.3 is 0 Å². The molecule has 28 heavy (non-hydrogen) atoms. The fourth-order valence-electron chi connectivity index (χ4n) is 3.18. The summed E-state index contributed by atoms with van der Waals surface area (Å²) in [6.07, 6.45) is 0. The van der Waals surface area contributed by atoms with E-state index in [0.717, 1.165) is 50.0 Å². The van der Waals surface area contributed by atoms with Gasteiger partial charge in [-0.25, -0.2) is 4.99 Å². The summed E-state index contributed by atoms with van der Waals surface area (Å²) in [6, 6.07) is 15.4. The lowest BCUT2D eigenvalue weighted by molar-refractivity contribution is 0.372. The van der Waals surface area contributed by atoms with E-state index in [2.05, 4.69) is 34.2 Å². The zero-order valence-electron chi connectivity index (χ0n) is 16.5. The molecule has 2 aromatic carbocycles. The van der Waals surface area contributed by atoms with E-state index >= 15 is 0 Å². The number of hydrogen-bond donors (Lipinski definition) is 2. The van der Waals surface area contributed by atoms with Crippen LogP contribution in [0, 0.1) is 0 Å². The van der Waals surface area contributed by atoms with Gasteiger partial charge in [-0.1, -0.05) is 18.2 Å². The zero-order chi connectivity index (χ0) is 19.1. The van der Waals surface area contributed by atoms with Crippen molar-refractivity contribution in [2.24, 2.45) is 4.99 Å². The van der Waals surface area contributed by atoms with Crippen molar-refractivity contribution in [3.63, 3.8) is 0 Å². The maximum atomic E-state index is 9.41. The fourth-order valence-corrected chi connectivity index (χ4v) is 3.18. The van der Waals surface area contributed by atoms with Gasteiger partial charge in [0.2, 0.25) is 0 Å². The van der Waals surface area contributed by atoms with Crippen molar-refractivity contribution in [1.82, 2.24) is 10.2 Å². The number of halogens is 1. The maximum absolute atomic E-state index is 9.41. The van der Waals surface area contributed by atoms with Gasteiger partial charge < -0.3 is 25.0 Å². The van der Waals surface area contributed by atoms with E-state index in [1.165, 1.54) is 5.69 Å². The highest BCUT2D eigenvalue weighted by atomic mass is 127. The lowest BCUT2D eigenvalue weighted by atomic mass is 10.2. The van der Waals surface area contributed by atoms with Crippen molar-refractivity contribution in [3.8, 4) is 11.5 Å². The molecule has 0 unspecified atom stereocenters. The number of benzene rings is 2. The van der Waals surface area contributed by atoms with Crippen LogP contribution in [0.1, 0.15) is 12.5 Å². The third kappa shape index (κ3) is 5.92. The number of phenolic OH excluding ortho intramolecular Hbond substituents is 1. The number of phenols is 1. The SMILES string of the molecule is CCNC(=NCc1ccc(O)cc1)N1CCN(c2cccc(OC)c2)CC1.I. The van der Waals surface area contributed by atoms with Crippen LogP contribution in [-0.2, 0) is 6.54 Å². The molecule has 1 saturated heterocycles. The summed E-state index contributed by atoms with van der Waals surface area (Å²) in [6.45, 7) is 7.23. The van der Waals surface area contributed by atoms with E-state index in [1.54, 1.807) is 19.2 Å². The first kappa shape index (κ1) is 22.1. The highest BCUT2D eigenvalue weighted by Gasteiger charge is 2.20. The molecule has 0 spiro atoms. The molecule has 7 heteroatoms. The number of nitrogens with zero attached hydrogens (tertiary/aromatic N) is 3. The summed E-state index contributed by atoms with van der Waals surface area (Å²) >= 11 is 0. The number of aliphatic imine (C=N–C) groups is 1. The zero-order valence-corrected chi connectivity index (χ0v) is 18.8. The molecule has 3 rings (SSSR count). The van der Waals surface area contributed by atoms with Crippen LogP contribution >= 0.6 is 24.0 Å². The summed E-state index contributed by atoms with van der Waals surface area (Å²) in [5, 5.41) is 12.8. The molecule has 0 saturated carbocycles. The van der Waals surface area contributed by atoms with Crippen LogP contribution in [0.25, 0.3) is 0 Å². The molecule has 0 radical (unpaired) electrons. The minimum atomic E-state index is 0. The Hall–Kier alpha value is -2.16. The molecule has 1 fully saturated rings. The highest BCUT2D eigenvalue weighted by Crippen LogP contribution is 2.22. The van der Waals surface area contributed by atoms with Gasteiger partial charge in [0, 0.05) is 44.5 Å². The van der Waals surface area contributed by atoms with E-state index in [9.17, 15) is 5.11 Å². The molecule has 2 N–H and O–H groups in total. The van der Waals surface area contributed by atoms with Gasteiger partial charge in [0.25, 0.3) is 0 Å². The average Bonchev–Trinajstić information content (AvgIpc) is 2.72. The Balaban J connectivity index is 0.00000280. The minimum absolute atomic E-state index is 0. The van der Waals surface area contributed by atoms with Gasteiger partial charge in [0.1, 0.15) is 11.5 Å². The first-order valence-corrected chi connectivity index (χ1v) is 9.39. The monoisotopic (exact) mass is 496 g/mol. The number of ether oxygens (including phenoxy) is 1. The largest absolute Gasteiger partial charge is 0.508 e. The van der Waals surface area contributed by atoms with Crippen molar-refractivity contribution in [2.75, 3.05) is 44.7 Å². The highest BCUT2D eigenvalue weighted by molar-refractivity contribution is 14.0. The van der Waals surface area contributed by atoms with Crippen molar-refractivity contribution in [2.45, 2.75) is 13.5 Å². The molecule has 6 nitrogen and oxygen atoms in total. The van der Waals surface area contributed by atoms with Gasteiger partial charge in [-0.3, -0.25) is 0 Å². The van der Waals surface area contributed by atoms with Crippen LogP contribution in [0.4, 0.5) is 5.69 Å². The third-order valence-electron chi connectivity index (χ3n) is 4.68. The number of hydrogen-bond acceptors (Lipinski definition) is 4. The lowest BCUT2D eigenvalue weighted by Gasteiger charge is -2.37. The van der Waals surface area contributed by atoms with Crippen molar-refractivity contribution < 1.29 is 9.84 Å². The molecule has 0 atom stereocenters. The Morgan fingerprint density at radius 2 is 1.82 bits per heavy atom. The molecule has 1 heterocycles. The lowest BCUT2D eigenvalue weighted by Crippen LogP contribution is -2.52.